The van der Waals surface area contributed by atoms with Crippen molar-refractivity contribution in [3.63, 3.8) is 0 Å². The van der Waals surface area contributed by atoms with Crippen LogP contribution < -0.4 is 5.32 Å². The van der Waals surface area contributed by atoms with Gasteiger partial charge in [-0.15, -0.1) is 0 Å². The lowest BCUT2D eigenvalue weighted by atomic mass is 10.0. The minimum Gasteiger partial charge on any atom is -0.394 e. The van der Waals surface area contributed by atoms with Gasteiger partial charge in [-0.1, -0.05) is 270 Å². The number of carbonyl (C=O) groups excluding carboxylic acids is 1. The van der Waals surface area contributed by atoms with Gasteiger partial charge in [0.15, 0.2) is 0 Å². The van der Waals surface area contributed by atoms with Gasteiger partial charge in [-0.05, 0) is 38.5 Å². The molecule has 0 fully saturated rings. The van der Waals surface area contributed by atoms with Crippen molar-refractivity contribution in [2.45, 2.75) is 321 Å². The van der Waals surface area contributed by atoms with Crippen molar-refractivity contribution in [3.8, 4) is 0 Å². The lowest BCUT2D eigenvalue weighted by Gasteiger charge is -2.26. The van der Waals surface area contributed by atoms with E-state index in [4.69, 9.17) is 0 Å². The molecule has 0 bridgehead atoms. The summed E-state index contributed by atoms with van der Waals surface area (Å²) in [6.45, 7) is 4.21. The molecule has 0 aromatic heterocycles. The Morgan fingerprint density at radius 2 is 0.678 bits per heavy atom. The maximum Gasteiger partial charge on any atom is 0.220 e. The second-order valence-electron chi connectivity index (χ2n) is 18.8. The molecule has 0 heterocycles. The van der Waals surface area contributed by atoms with Crippen LogP contribution >= 0.6 is 0 Å². The molecule has 352 valence electrons. The summed E-state index contributed by atoms with van der Waals surface area (Å²) in [5.41, 5.74) is 0. The van der Waals surface area contributed by atoms with Crippen LogP contribution in [0.15, 0.2) is 12.2 Å². The quantitative estimate of drug-likeness (QED) is 0.0363. The van der Waals surface area contributed by atoms with Gasteiger partial charge < -0.3 is 20.6 Å². The summed E-state index contributed by atoms with van der Waals surface area (Å²) in [4.78, 5) is 12.5. The number of carbonyl (C=O) groups is 1. The predicted octanol–water partition coefficient (Wildman–Crippen LogP) is 16.3. The first kappa shape index (κ1) is 58.1. The predicted molar refractivity (Wildman–Crippen MR) is 259 cm³/mol. The van der Waals surface area contributed by atoms with Gasteiger partial charge in [-0.3, -0.25) is 4.79 Å². The third-order valence-corrected chi connectivity index (χ3v) is 12.9. The van der Waals surface area contributed by atoms with Crippen molar-refractivity contribution in [2.75, 3.05) is 6.61 Å². The zero-order valence-corrected chi connectivity index (χ0v) is 40.2. The Labute approximate surface area is 369 Å². The molecule has 1 amide bonds. The molecule has 5 heteroatoms. The minimum absolute atomic E-state index is 0.147. The molecule has 3 atom stereocenters. The first-order valence-electron chi connectivity index (χ1n) is 27.0. The van der Waals surface area contributed by atoms with Gasteiger partial charge in [-0.25, -0.2) is 0 Å². The highest BCUT2D eigenvalue weighted by Crippen LogP contribution is 2.18. The topological polar surface area (TPSA) is 89.8 Å². The van der Waals surface area contributed by atoms with E-state index in [2.05, 4.69) is 31.3 Å². The molecule has 0 spiro atoms. The van der Waals surface area contributed by atoms with Gasteiger partial charge in [-0.2, -0.15) is 0 Å². The Hall–Kier alpha value is -0.910. The molecule has 0 aliphatic heterocycles. The van der Waals surface area contributed by atoms with E-state index in [9.17, 15) is 20.1 Å². The Kier molecular flexibility index (Phi) is 49.0. The number of rotatable bonds is 50. The van der Waals surface area contributed by atoms with Crippen molar-refractivity contribution < 1.29 is 20.1 Å². The molecule has 5 nitrogen and oxygen atoms in total. The molecule has 0 aromatic carbocycles. The minimum atomic E-state index is -1.16. The Bertz CT molecular complexity index is 833. The third-order valence-electron chi connectivity index (χ3n) is 12.9. The molecule has 4 N–H and O–H groups in total. The number of nitrogens with one attached hydrogen (secondary N) is 1. The van der Waals surface area contributed by atoms with Gasteiger partial charge in [0.25, 0.3) is 0 Å². The van der Waals surface area contributed by atoms with Gasteiger partial charge >= 0.3 is 0 Å². The largest absolute Gasteiger partial charge is 0.394 e. The van der Waals surface area contributed by atoms with Crippen LogP contribution in [0.3, 0.4) is 0 Å². The molecule has 0 rings (SSSR count). The van der Waals surface area contributed by atoms with Crippen molar-refractivity contribution in [1.82, 2.24) is 5.32 Å². The summed E-state index contributed by atoms with van der Waals surface area (Å²) in [5, 5.41) is 33.7. The molecule has 0 aliphatic carbocycles. The number of allylic oxidation sites excluding steroid dienone is 2. The third kappa shape index (κ3) is 44.9. The molecule has 3 unspecified atom stereocenters. The van der Waals surface area contributed by atoms with Crippen LogP contribution in [0.1, 0.15) is 303 Å². The molecule has 0 aromatic rings. The van der Waals surface area contributed by atoms with Gasteiger partial charge in [0, 0.05) is 6.42 Å². The summed E-state index contributed by atoms with van der Waals surface area (Å²) >= 11 is 0. The fourth-order valence-corrected chi connectivity index (χ4v) is 8.70. The molecule has 0 saturated carbocycles. The maximum atomic E-state index is 12.5. The number of aliphatic hydroxyl groups is 3. The molecule has 0 saturated heterocycles. The average Bonchev–Trinajstić information content (AvgIpc) is 3.24. The van der Waals surface area contributed by atoms with E-state index in [1.807, 2.05) is 0 Å². The summed E-state index contributed by atoms with van der Waals surface area (Å²) in [6, 6.07) is -0.822. The lowest BCUT2D eigenvalue weighted by Crippen LogP contribution is -2.50. The Morgan fingerprint density at radius 3 is 0.983 bits per heavy atom. The number of aliphatic hydroxyl groups excluding tert-OH is 3. The smallest absolute Gasteiger partial charge is 0.220 e. The highest BCUT2D eigenvalue weighted by Gasteiger charge is 2.26. The number of hydrogen-bond donors (Lipinski definition) is 4. The second-order valence-corrected chi connectivity index (χ2v) is 18.8. The van der Waals surface area contributed by atoms with E-state index >= 15 is 0 Å². The molecular weight excluding hydrogens is 727 g/mol. The van der Waals surface area contributed by atoms with Gasteiger partial charge in [0.05, 0.1) is 18.8 Å². The van der Waals surface area contributed by atoms with Crippen molar-refractivity contribution in [3.05, 3.63) is 12.2 Å². The van der Waals surface area contributed by atoms with Crippen LogP contribution in [0.5, 0.6) is 0 Å². The maximum absolute atomic E-state index is 12.5. The van der Waals surface area contributed by atoms with Crippen LogP contribution in [0.4, 0.5) is 0 Å². The van der Waals surface area contributed by atoms with Crippen LogP contribution in [0.25, 0.3) is 0 Å². The zero-order chi connectivity index (χ0) is 43.0. The van der Waals surface area contributed by atoms with E-state index in [1.165, 1.54) is 238 Å². The van der Waals surface area contributed by atoms with Crippen LogP contribution in [0, 0.1) is 0 Å². The second kappa shape index (κ2) is 49.7. The molecule has 0 aliphatic rings. The first-order valence-corrected chi connectivity index (χ1v) is 27.0. The highest BCUT2D eigenvalue weighted by atomic mass is 16.3. The van der Waals surface area contributed by atoms with E-state index in [0.717, 1.165) is 38.5 Å². The number of unbranched alkanes of at least 4 members (excludes halogenated alkanes) is 40. The normalized spacial score (nSPS) is 13.4. The first-order chi connectivity index (χ1) is 29.1. The molecule has 59 heavy (non-hydrogen) atoms. The summed E-state index contributed by atoms with van der Waals surface area (Å²) in [5.74, 6) is -0.147. The van der Waals surface area contributed by atoms with E-state index in [0.29, 0.717) is 12.8 Å². The zero-order valence-electron chi connectivity index (χ0n) is 40.2. The van der Waals surface area contributed by atoms with E-state index in [-0.39, 0.29) is 12.5 Å². The summed E-state index contributed by atoms with van der Waals surface area (Å²) < 4.78 is 0. The van der Waals surface area contributed by atoms with Crippen molar-refractivity contribution in [2.24, 2.45) is 0 Å². The summed E-state index contributed by atoms with van der Waals surface area (Å²) in [6.07, 6.45) is 60.7. The average molecular weight is 834 g/mol. The highest BCUT2D eigenvalue weighted by molar-refractivity contribution is 5.76. The van der Waals surface area contributed by atoms with Gasteiger partial charge in [0.1, 0.15) is 6.10 Å². The summed E-state index contributed by atoms with van der Waals surface area (Å²) in [7, 11) is 0. The van der Waals surface area contributed by atoms with Crippen LogP contribution in [-0.2, 0) is 4.79 Å². The van der Waals surface area contributed by atoms with E-state index in [1.54, 1.807) is 0 Å². The van der Waals surface area contributed by atoms with Crippen molar-refractivity contribution >= 4 is 5.91 Å². The Morgan fingerprint density at radius 1 is 0.407 bits per heavy atom. The molecular formula is C54H107NO4. The van der Waals surface area contributed by atoms with Crippen molar-refractivity contribution in [1.29, 1.82) is 0 Å². The SMILES string of the molecule is CCCCCCCCCCCCCCCCC/C=C/CCCC(O)C(O)C(CO)NC(=O)CCCCCCCCCCCCCCCCCCCCCCCCCCC. The fourth-order valence-electron chi connectivity index (χ4n) is 8.70. The van der Waals surface area contributed by atoms with Gasteiger partial charge in [0.2, 0.25) is 5.91 Å². The van der Waals surface area contributed by atoms with Crippen LogP contribution in [0.2, 0.25) is 0 Å². The fraction of sp³-hybridized carbons (Fsp3) is 0.944. The van der Waals surface area contributed by atoms with E-state index < -0.39 is 18.2 Å². The monoisotopic (exact) mass is 834 g/mol. The number of hydrogen-bond acceptors (Lipinski definition) is 4. The lowest BCUT2D eigenvalue weighted by molar-refractivity contribution is -0.124. The molecule has 0 radical (unpaired) electrons. The van der Waals surface area contributed by atoms with Crippen LogP contribution in [-0.4, -0.2) is 46.1 Å². The number of amides is 1. The standard InChI is InChI=1S/C54H107NO4/c1-3-5-7-9-11-13-15-17-19-21-23-25-26-27-28-29-31-33-35-37-39-41-43-45-47-49-53(58)55-51(50-56)54(59)52(57)48-46-44-42-40-38-36-34-32-30-24-22-20-18-16-14-12-10-8-6-4-2/h40,42,51-52,54,56-57,59H,3-39,41,43-50H2,1-2H3,(H,55,58)/b42-40+. The Balaban J connectivity index is 3.54.